The van der Waals surface area contributed by atoms with Crippen molar-refractivity contribution in [1.29, 1.82) is 0 Å². The molecule has 0 saturated heterocycles. The maximum atomic E-state index is 12.2. The number of carbonyl (C=O) groups excluding carboxylic acids is 1. The summed E-state index contributed by atoms with van der Waals surface area (Å²) in [6.07, 6.45) is 1.73. The topological polar surface area (TPSA) is 33.2 Å². The Balaban J connectivity index is 2.11. The minimum absolute atomic E-state index is 0.0538. The fourth-order valence-electron chi connectivity index (χ4n) is 2.09. The number of hydrogen-bond acceptors (Lipinski definition) is 3. The summed E-state index contributed by atoms with van der Waals surface area (Å²) in [4.78, 5) is 18.2. The second-order valence-corrected chi connectivity index (χ2v) is 4.63. The van der Waals surface area contributed by atoms with E-state index in [1.54, 1.807) is 11.1 Å². The fourth-order valence-corrected chi connectivity index (χ4v) is 2.81. The second kappa shape index (κ2) is 3.42. The first-order valence-electron chi connectivity index (χ1n) is 5.11. The van der Waals surface area contributed by atoms with Gasteiger partial charge in [0.15, 0.2) is 5.13 Å². The van der Waals surface area contributed by atoms with Crippen molar-refractivity contribution < 1.29 is 4.79 Å². The molecule has 80 valence electrons. The number of anilines is 1. The fraction of sp³-hybridized carbons (Fsp3) is 0.167. The number of rotatable bonds is 1. The molecular weight excluding hydrogens is 220 g/mol. The molecule has 1 aliphatic heterocycles. The first-order valence-corrected chi connectivity index (χ1v) is 5.99. The summed E-state index contributed by atoms with van der Waals surface area (Å²) < 4.78 is 0. The van der Waals surface area contributed by atoms with Crippen LogP contribution in [-0.2, 0) is 0 Å². The molecule has 3 rings (SSSR count). The van der Waals surface area contributed by atoms with Gasteiger partial charge < -0.3 is 0 Å². The minimum Gasteiger partial charge on any atom is -0.277 e. The molecule has 0 saturated carbocycles. The molecule has 3 nitrogen and oxygen atoms in total. The predicted octanol–water partition coefficient (Wildman–Crippen LogP) is 2.86. The van der Waals surface area contributed by atoms with Gasteiger partial charge in [-0.3, -0.25) is 9.69 Å². The van der Waals surface area contributed by atoms with Gasteiger partial charge in [-0.25, -0.2) is 4.98 Å². The number of thiazole rings is 1. The monoisotopic (exact) mass is 230 g/mol. The third kappa shape index (κ3) is 1.20. The Morgan fingerprint density at radius 1 is 1.38 bits per heavy atom. The molecular formula is C12H10N2OS. The van der Waals surface area contributed by atoms with Gasteiger partial charge in [-0.1, -0.05) is 18.2 Å². The summed E-state index contributed by atoms with van der Waals surface area (Å²) in [7, 11) is 0. The third-order valence-electron chi connectivity index (χ3n) is 2.87. The Morgan fingerprint density at radius 2 is 2.19 bits per heavy atom. The number of fused-ring (bicyclic) bond motifs is 1. The van der Waals surface area contributed by atoms with Crippen molar-refractivity contribution >= 4 is 22.4 Å². The molecule has 2 heterocycles. The highest BCUT2D eigenvalue weighted by Gasteiger charge is 2.35. The van der Waals surface area contributed by atoms with E-state index in [1.165, 1.54) is 11.3 Å². The third-order valence-corrected chi connectivity index (χ3v) is 3.64. The van der Waals surface area contributed by atoms with Gasteiger partial charge in [0, 0.05) is 17.1 Å². The average molecular weight is 230 g/mol. The van der Waals surface area contributed by atoms with E-state index in [9.17, 15) is 4.79 Å². The van der Waals surface area contributed by atoms with E-state index in [1.807, 2.05) is 36.6 Å². The molecule has 1 aromatic carbocycles. The SMILES string of the molecule is CC1c2ccccc2C(=O)N1c1nccs1. The molecule has 0 spiro atoms. The molecule has 16 heavy (non-hydrogen) atoms. The number of amides is 1. The average Bonchev–Trinajstić information content (AvgIpc) is 2.89. The van der Waals surface area contributed by atoms with Crippen LogP contribution in [0.15, 0.2) is 35.8 Å². The van der Waals surface area contributed by atoms with Gasteiger partial charge in [0.1, 0.15) is 0 Å². The van der Waals surface area contributed by atoms with Crippen LogP contribution >= 0.6 is 11.3 Å². The van der Waals surface area contributed by atoms with Gasteiger partial charge in [-0.2, -0.15) is 0 Å². The summed E-state index contributed by atoms with van der Waals surface area (Å²) >= 11 is 1.49. The maximum Gasteiger partial charge on any atom is 0.260 e. The van der Waals surface area contributed by atoms with E-state index in [0.29, 0.717) is 0 Å². The predicted molar refractivity (Wildman–Crippen MR) is 63.8 cm³/mol. The zero-order valence-electron chi connectivity index (χ0n) is 8.75. The van der Waals surface area contributed by atoms with Gasteiger partial charge in [-0.15, -0.1) is 11.3 Å². The zero-order chi connectivity index (χ0) is 11.1. The van der Waals surface area contributed by atoms with Crippen LogP contribution in [0, 0.1) is 0 Å². The summed E-state index contributed by atoms with van der Waals surface area (Å²) in [5.41, 5.74) is 1.88. The van der Waals surface area contributed by atoms with Crippen molar-refractivity contribution in [2.75, 3.05) is 4.90 Å². The first kappa shape index (κ1) is 9.54. The van der Waals surface area contributed by atoms with Gasteiger partial charge >= 0.3 is 0 Å². The van der Waals surface area contributed by atoms with Gasteiger partial charge in [0.2, 0.25) is 0 Å². The lowest BCUT2D eigenvalue weighted by Crippen LogP contribution is -2.25. The Morgan fingerprint density at radius 3 is 2.88 bits per heavy atom. The van der Waals surface area contributed by atoms with Crippen molar-refractivity contribution in [3.8, 4) is 0 Å². The Hall–Kier alpha value is -1.68. The van der Waals surface area contributed by atoms with Crippen molar-refractivity contribution in [1.82, 2.24) is 4.98 Å². The van der Waals surface area contributed by atoms with Crippen LogP contribution in [0.2, 0.25) is 0 Å². The molecule has 1 aromatic heterocycles. The number of hydrogen-bond donors (Lipinski definition) is 0. The van der Waals surface area contributed by atoms with Gasteiger partial charge in [0.05, 0.1) is 6.04 Å². The van der Waals surface area contributed by atoms with E-state index >= 15 is 0 Å². The Labute approximate surface area is 97.4 Å². The molecule has 1 aliphatic rings. The molecule has 1 amide bonds. The molecule has 0 N–H and O–H groups in total. The summed E-state index contributed by atoms with van der Waals surface area (Å²) in [5, 5.41) is 2.66. The van der Waals surface area contributed by atoms with Crippen LogP contribution in [0.4, 0.5) is 5.13 Å². The zero-order valence-corrected chi connectivity index (χ0v) is 9.57. The van der Waals surface area contributed by atoms with Gasteiger partial charge in [-0.05, 0) is 18.6 Å². The van der Waals surface area contributed by atoms with Crippen molar-refractivity contribution in [3.63, 3.8) is 0 Å². The molecule has 0 radical (unpaired) electrons. The molecule has 4 heteroatoms. The number of carbonyl (C=O) groups is 1. The number of benzene rings is 1. The van der Waals surface area contributed by atoms with Crippen LogP contribution in [0.5, 0.6) is 0 Å². The highest BCUT2D eigenvalue weighted by atomic mass is 32.1. The Bertz CT molecular complexity index is 536. The van der Waals surface area contributed by atoms with Crippen LogP contribution in [0.1, 0.15) is 28.9 Å². The lowest BCUT2D eigenvalue weighted by Gasteiger charge is -2.18. The van der Waals surface area contributed by atoms with Crippen LogP contribution < -0.4 is 4.90 Å². The molecule has 1 unspecified atom stereocenters. The second-order valence-electron chi connectivity index (χ2n) is 3.75. The lowest BCUT2D eigenvalue weighted by atomic mass is 10.1. The van der Waals surface area contributed by atoms with Crippen LogP contribution in [0.25, 0.3) is 0 Å². The van der Waals surface area contributed by atoms with E-state index in [0.717, 1.165) is 16.3 Å². The molecule has 0 aliphatic carbocycles. The van der Waals surface area contributed by atoms with E-state index in [-0.39, 0.29) is 11.9 Å². The van der Waals surface area contributed by atoms with E-state index < -0.39 is 0 Å². The molecule has 2 aromatic rings. The summed E-state index contributed by atoms with van der Waals surface area (Å²) in [6, 6.07) is 7.82. The van der Waals surface area contributed by atoms with E-state index in [4.69, 9.17) is 0 Å². The normalized spacial score (nSPS) is 18.9. The highest BCUT2D eigenvalue weighted by molar-refractivity contribution is 7.13. The first-order chi connectivity index (χ1) is 7.79. The highest BCUT2D eigenvalue weighted by Crippen LogP contribution is 2.37. The van der Waals surface area contributed by atoms with Crippen molar-refractivity contribution in [2.24, 2.45) is 0 Å². The summed E-state index contributed by atoms with van der Waals surface area (Å²) in [6.45, 7) is 2.03. The standard InChI is InChI=1S/C12H10N2OS/c1-8-9-4-2-3-5-10(9)11(15)14(8)12-13-6-7-16-12/h2-8H,1H3. The molecule has 0 fully saturated rings. The molecule has 0 bridgehead atoms. The van der Waals surface area contributed by atoms with Crippen LogP contribution in [0.3, 0.4) is 0 Å². The van der Waals surface area contributed by atoms with E-state index in [2.05, 4.69) is 4.98 Å². The maximum absolute atomic E-state index is 12.2. The number of aromatic nitrogens is 1. The largest absolute Gasteiger partial charge is 0.277 e. The van der Waals surface area contributed by atoms with Crippen LogP contribution in [-0.4, -0.2) is 10.9 Å². The smallest absolute Gasteiger partial charge is 0.260 e. The quantitative estimate of drug-likeness (QED) is 0.754. The summed E-state index contributed by atoms with van der Waals surface area (Å²) in [5.74, 6) is 0.0538. The lowest BCUT2D eigenvalue weighted by molar-refractivity contribution is 0.0992. The Kier molecular flexibility index (Phi) is 2.04. The molecule has 1 atom stereocenters. The number of nitrogens with zero attached hydrogens (tertiary/aromatic N) is 2. The minimum atomic E-state index is 0.0538. The van der Waals surface area contributed by atoms with Crippen molar-refractivity contribution in [3.05, 3.63) is 47.0 Å². The van der Waals surface area contributed by atoms with Gasteiger partial charge in [0.25, 0.3) is 5.91 Å². The van der Waals surface area contributed by atoms with Crippen molar-refractivity contribution in [2.45, 2.75) is 13.0 Å².